The summed E-state index contributed by atoms with van der Waals surface area (Å²) in [6.07, 6.45) is -0.359. The van der Waals surface area contributed by atoms with Crippen molar-refractivity contribution in [2.24, 2.45) is 0 Å². The van der Waals surface area contributed by atoms with Crippen molar-refractivity contribution < 1.29 is 23.8 Å². The van der Waals surface area contributed by atoms with Gasteiger partial charge in [0.05, 0.1) is 5.56 Å². The van der Waals surface area contributed by atoms with Crippen molar-refractivity contribution in [1.29, 1.82) is 0 Å². The molecule has 0 atom stereocenters. The minimum absolute atomic E-state index is 0.350. The number of benzene rings is 1. The smallest absolute Gasteiger partial charge is 0.410 e. The zero-order chi connectivity index (χ0) is 17.2. The zero-order valence-corrected chi connectivity index (χ0v) is 13.5. The van der Waals surface area contributed by atoms with E-state index >= 15 is 0 Å². The molecule has 1 aromatic carbocycles. The number of carboxylic acid groups (broad SMARTS) is 1. The Morgan fingerprint density at radius 3 is 2.30 bits per heavy atom. The second-order valence-electron chi connectivity index (χ2n) is 6.42. The molecule has 6 nitrogen and oxygen atoms in total. The number of ether oxygens (including phenoxy) is 1. The first-order valence-electron chi connectivity index (χ1n) is 7.43. The van der Waals surface area contributed by atoms with Gasteiger partial charge in [0.2, 0.25) is 0 Å². The van der Waals surface area contributed by atoms with E-state index < -0.39 is 17.4 Å². The first kappa shape index (κ1) is 17.1. The summed E-state index contributed by atoms with van der Waals surface area (Å²) in [6, 6.07) is 4.02. The predicted molar refractivity (Wildman–Crippen MR) is 83.4 cm³/mol. The molecule has 1 fully saturated rings. The third kappa shape index (κ3) is 4.34. The highest BCUT2D eigenvalue weighted by Crippen LogP contribution is 2.21. The van der Waals surface area contributed by atoms with Gasteiger partial charge in [0.25, 0.3) is 0 Å². The molecule has 1 heterocycles. The number of carbonyl (C=O) groups is 2. The van der Waals surface area contributed by atoms with E-state index in [1.165, 1.54) is 6.07 Å². The molecule has 126 valence electrons. The first-order valence-corrected chi connectivity index (χ1v) is 7.43. The average molecular weight is 324 g/mol. The van der Waals surface area contributed by atoms with Crippen molar-refractivity contribution in [2.75, 3.05) is 31.1 Å². The summed E-state index contributed by atoms with van der Waals surface area (Å²) < 4.78 is 18.8. The Labute approximate surface area is 134 Å². The molecule has 0 saturated carbocycles. The number of carbonyl (C=O) groups excluding carboxylic acids is 1. The molecule has 7 heteroatoms. The van der Waals surface area contributed by atoms with Crippen LogP contribution in [0.25, 0.3) is 0 Å². The lowest BCUT2D eigenvalue weighted by Crippen LogP contribution is -2.50. The van der Waals surface area contributed by atoms with E-state index in [-0.39, 0.29) is 11.7 Å². The molecule has 1 aromatic rings. The van der Waals surface area contributed by atoms with Gasteiger partial charge in [-0.05, 0) is 39.0 Å². The van der Waals surface area contributed by atoms with Gasteiger partial charge in [0.1, 0.15) is 11.4 Å². The van der Waals surface area contributed by atoms with Gasteiger partial charge in [-0.3, -0.25) is 0 Å². The Morgan fingerprint density at radius 1 is 1.17 bits per heavy atom. The van der Waals surface area contributed by atoms with Crippen LogP contribution in [0.2, 0.25) is 0 Å². The fourth-order valence-electron chi connectivity index (χ4n) is 2.35. The molecule has 1 N–H and O–H groups in total. The number of rotatable bonds is 2. The lowest BCUT2D eigenvalue weighted by molar-refractivity contribution is 0.0240. The lowest BCUT2D eigenvalue weighted by Gasteiger charge is -2.36. The maximum atomic E-state index is 13.4. The summed E-state index contributed by atoms with van der Waals surface area (Å²) in [5.74, 6) is -2.05. The highest BCUT2D eigenvalue weighted by atomic mass is 19.1. The van der Waals surface area contributed by atoms with Crippen LogP contribution in [0.4, 0.5) is 14.9 Å². The van der Waals surface area contributed by atoms with Gasteiger partial charge in [0, 0.05) is 31.9 Å². The van der Waals surface area contributed by atoms with Crippen molar-refractivity contribution >= 4 is 17.7 Å². The highest BCUT2D eigenvalue weighted by molar-refractivity contribution is 5.89. The van der Waals surface area contributed by atoms with Gasteiger partial charge < -0.3 is 19.6 Å². The molecule has 0 unspecified atom stereocenters. The van der Waals surface area contributed by atoms with Crippen LogP contribution in [0.1, 0.15) is 31.1 Å². The molecule has 0 aromatic heterocycles. The van der Waals surface area contributed by atoms with Crippen LogP contribution in [0.15, 0.2) is 18.2 Å². The molecule has 1 aliphatic rings. The molecule has 0 spiro atoms. The Morgan fingerprint density at radius 2 is 1.78 bits per heavy atom. The number of carboxylic acids is 1. The number of nitrogens with zero attached hydrogens (tertiary/aromatic N) is 2. The molecule has 2 rings (SSSR count). The van der Waals surface area contributed by atoms with Crippen molar-refractivity contribution in [3.8, 4) is 0 Å². The normalized spacial score (nSPS) is 15.5. The molecule has 0 bridgehead atoms. The number of hydrogen-bond donors (Lipinski definition) is 1. The highest BCUT2D eigenvalue weighted by Gasteiger charge is 2.26. The van der Waals surface area contributed by atoms with Crippen molar-refractivity contribution in [2.45, 2.75) is 26.4 Å². The topological polar surface area (TPSA) is 70.1 Å². The first-order chi connectivity index (χ1) is 10.7. The molecule has 0 radical (unpaired) electrons. The van der Waals surface area contributed by atoms with Crippen LogP contribution in [0.3, 0.4) is 0 Å². The van der Waals surface area contributed by atoms with Gasteiger partial charge in [0.15, 0.2) is 0 Å². The van der Waals surface area contributed by atoms with Crippen molar-refractivity contribution in [3.63, 3.8) is 0 Å². The van der Waals surface area contributed by atoms with Crippen LogP contribution in [-0.2, 0) is 4.74 Å². The molecule has 0 aliphatic carbocycles. The summed E-state index contributed by atoms with van der Waals surface area (Å²) in [5, 5.41) is 8.98. The number of aromatic carboxylic acids is 1. The Hall–Kier alpha value is -2.31. The summed E-state index contributed by atoms with van der Waals surface area (Å²) in [6.45, 7) is 7.44. The SMILES string of the molecule is CC(C)(C)OC(=O)N1CCN(c2ccc(F)c(C(=O)O)c2)CC1. The predicted octanol–water partition coefficient (Wildman–Crippen LogP) is 2.58. The van der Waals surface area contributed by atoms with E-state index in [2.05, 4.69) is 0 Å². The van der Waals surface area contributed by atoms with Crippen LogP contribution >= 0.6 is 0 Å². The van der Waals surface area contributed by atoms with E-state index in [4.69, 9.17) is 9.84 Å². The maximum absolute atomic E-state index is 13.4. The summed E-state index contributed by atoms with van der Waals surface area (Å²) >= 11 is 0. The fraction of sp³-hybridized carbons (Fsp3) is 0.500. The number of piperazine rings is 1. The second kappa shape index (κ2) is 6.44. The van der Waals surface area contributed by atoms with Crippen molar-refractivity contribution in [3.05, 3.63) is 29.6 Å². The van der Waals surface area contributed by atoms with Crippen LogP contribution < -0.4 is 4.90 Å². The Balaban J connectivity index is 2.01. The van der Waals surface area contributed by atoms with E-state index in [0.29, 0.717) is 31.9 Å². The molecule has 1 saturated heterocycles. The molecule has 1 aliphatic heterocycles. The molecule has 1 amide bonds. The van der Waals surface area contributed by atoms with Gasteiger partial charge in [-0.1, -0.05) is 0 Å². The largest absolute Gasteiger partial charge is 0.478 e. The lowest BCUT2D eigenvalue weighted by atomic mass is 10.1. The van der Waals surface area contributed by atoms with Gasteiger partial charge in [-0.25, -0.2) is 14.0 Å². The van der Waals surface area contributed by atoms with Crippen LogP contribution in [0.5, 0.6) is 0 Å². The maximum Gasteiger partial charge on any atom is 0.410 e. The van der Waals surface area contributed by atoms with Gasteiger partial charge >= 0.3 is 12.1 Å². The summed E-state index contributed by atoms with van der Waals surface area (Å²) in [7, 11) is 0. The number of halogens is 1. The van der Waals surface area contributed by atoms with E-state index in [9.17, 15) is 14.0 Å². The summed E-state index contributed by atoms with van der Waals surface area (Å²) in [5.41, 5.74) is -0.258. The van der Waals surface area contributed by atoms with Crippen LogP contribution in [0, 0.1) is 5.82 Å². The number of hydrogen-bond acceptors (Lipinski definition) is 4. The van der Waals surface area contributed by atoms with Gasteiger partial charge in [-0.2, -0.15) is 0 Å². The zero-order valence-electron chi connectivity index (χ0n) is 13.5. The second-order valence-corrected chi connectivity index (χ2v) is 6.42. The molecular weight excluding hydrogens is 303 g/mol. The van der Waals surface area contributed by atoms with E-state index in [1.807, 2.05) is 25.7 Å². The third-order valence-electron chi connectivity index (χ3n) is 3.48. The fourth-order valence-corrected chi connectivity index (χ4v) is 2.35. The number of amides is 1. The third-order valence-corrected chi connectivity index (χ3v) is 3.48. The molecular formula is C16H21FN2O4. The summed E-state index contributed by atoms with van der Waals surface area (Å²) in [4.78, 5) is 26.5. The standard InChI is InChI=1S/C16H21FN2O4/c1-16(2,3)23-15(22)19-8-6-18(7-9-19)11-4-5-13(17)12(10-11)14(20)21/h4-5,10H,6-9H2,1-3H3,(H,20,21). The average Bonchev–Trinajstić information content (AvgIpc) is 2.46. The van der Waals surface area contributed by atoms with E-state index in [0.717, 1.165) is 6.07 Å². The monoisotopic (exact) mass is 324 g/mol. The Kier molecular flexibility index (Phi) is 4.77. The van der Waals surface area contributed by atoms with Crippen molar-refractivity contribution in [1.82, 2.24) is 4.90 Å². The molecule has 23 heavy (non-hydrogen) atoms. The van der Waals surface area contributed by atoms with Crippen LogP contribution in [-0.4, -0.2) is 53.8 Å². The quantitative estimate of drug-likeness (QED) is 0.905. The minimum atomic E-state index is -1.29. The van der Waals surface area contributed by atoms with Gasteiger partial charge in [-0.15, -0.1) is 0 Å². The minimum Gasteiger partial charge on any atom is -0.478 e. The Bertz CT molecular complexity index is 605. The van der Waals surface area contributed by atoms with E-state index in [1.54, 1.807) is 11.0 Å². The number of anilines is 1.